The first-order valence-electron chi connectivity index (χ1n) is 4.98. The Bertz CT molecular complexity index is 584. The predicted molar refractivity (Wildman–Crippen MR) is 62.6 cm³/mol. The lowest BCUT2D eigenvalue weighted by Gasteiger charge is -2.04. The molecule has 0 bridgehead atoms. The van der Waals surface area contributed by atoms with Crippen LogP contribution in [-0.2, 0) is 6.54 Å². The molecule has 0 aliphatic heterocycles. The van der Waals surface area contributed by atoms with E-state index in [1.54, 1.807) is 6.92 Å². The van der Waals surface area contributed by atoms with Gasteiger partial charge in [0.25, 0.3) is 0 Å². The minimum absolute atomic E-state index is 0.0177. The fourth-order valence-corrected chi connectivity index (χ4v) is 1.46. The maximum atomic E-state index is 10.9. The van der Waals surface area contributed by atoms with Gasteiger partial charge in [0.05, 0.1) is 17.1 Å². The number of aromatic carboxylic acids is 1. The van der Waals surface area contributed by atoms with E-state index in [0.29, 0.717) is 17.5 Å². The van der Waals surface area contributed by atoms with E-state index < -0.39 is 5.97 Å². The number of halogens is 1. The second kappa shape index (κ2) is 5.01. The summed E-state index contributed by atoms with van der Waals surface area (Å²) >= 11 is 5.70. The summed E-state index contributed by atoms with van der Waals surface area (Å²) in [5, 5.41) is 15.5. The molecular weight excluding hydrogens is 260 g/mol. The van der Waals surface area contributed by atoms with Crippen molar-refractivity contribution in [1.29, 1.82) is 0 Å². The number of anilines is 1. The molecule has 0 spiro atoms. The van der Waals surface area contributed by atoms with Gasteiger partial charge in [-0.2, -0.15) is 4.98 Å². The van der Waals surface area contributed by atoms with Crippen LogP contribution in [0.15, 0.2) is 16.8 Å². The second-order valence-corrected chi connectivity index (χ2v) is 3.85. The molecule has 8 heteroatoms. The molecule has 0 aromatic carbocycles. The lowest BCUT2D eigenvalue weighted by molar-refractivity contribution is 0.0697. The smallest absolute Gasteiger partial charge is 0.337 e. The molecule has 0 amide bonds. The average molecular weight is 269 g/mol. The molecule has 0 fully saturated rings. The van der Waals surface area contributed by atoms with Gasteiger partial charge in [0.15, 0.2) is 5.82 Å². The summed E-state index contributed by atoms with van der Waals surface area (Å²) in [4.78, 5) is 18.8. The molecule has 0 saturated heterocycles. The summed E-state index contributed by atoms with van der Waals surface area (Å²) in [7, 11) is 0. The topological polar surface area (TPSA) is 101 Å². The van der Waals surface area contributed by atoms with Crippen LogP contribution in [0.2, 0.25) is 5.02 Å². The standard InChI is InChI=1S/C10H9ClN4O3/c1-5-14-9(18-15-5)4-13-8-2-6(10(16)17)7(11)3-12-8/h2-3H,4H2,1H3,(H,12,13)(H,16,17). The molecule has 18 heavy (non-hydrogen) atoms. The van der Waals surface area contributed by atoms with Crippen molar-refractivity contribution in [2.24, 2.45) is 0 Å². The predicted octanol–water partition coefficient (Wildman–Crippen LogP) is 1.74. The van der Waals surface area contributed by atoms with Crippen molar-refractivity contribution in [2.75, 3.05) is 5.32 Å². The zero-order valence-electron chi connectivity index (χ0n) is 9.35. The number of carboxylic acid groups (broad SMARTS) is 1. The zero-order valence-corrected chi connectivity index (χ0v) is 10.1. The Morgan fingerprint density at radius 1 is 1.61 bits per heavy atom. The monoisotopic (exact) mass is 268 g/mol. The van der Waals surface area contributed by atoms with Gasteiger partial charge in [0.1, 0.15) is 5.82 Å². The Morgan fingerprint density at radius 2 is 2.39 bits per heavy atom. The van der Waals surface area contributed by atoms with Crippen LogP contribution < -0.4 is 5.32 Å². The van der Waals surface area contributed by atoms with Crippen LogP contribution >= 0.6 is 11.6 Å². The van der Waals surface area contributed by atoms with Crippen molar-refractivity contribution < 1.29 is 14.4 Å². The highest BCUT2D eigenvalue weighted by Gasteiger charge is 2.11. The van der Waals surface area contributed by atoms with Crippen LogP contribution in [0.25, 0.3) is 0 Å². The number of hydrogen-bond acceptors (Lipinski definition) is 6. The SMILES string of the molecule is Cc1noc(CNc2cc(C(=O)O)c(Cl)cn2)n1. The van der Waals surface area contributed by atoms with E-state index in [1.165, 1.54) is 12.3 Å². The Morgan fingerprint density at radius 3 is 3.00 bits per heavy atom. The van der Waals surface area contributed by atoms with E-state index in [9.17, 15) is 4.79 Å². The summed E-state index contributed by atoms with van der Waals surface area (Å²) < 4.78 is 4.89. The quantitative estimate of drug-likeness (QED) is 0.871. The van der Waals surface area contributed by atoms with E-state index in [1.807, 2.05) is 0 Å². The summed E-state index contributed by atoms with van der Waals surface area (Å²) in [5.41, 5.74) is -0.0177. The number of aromatic nitrogens is 3. The second-order valence-electron chi connectivity index (χ2n) is 3.44. The third-order valence-corrected chi connectivity index (χ3v) is 2.38. The molecule has 0 saturated carbocycles. The molecule has 2 rings (SSSR count). The van der Waals surface area contributed by atoms with E-state index >= 15 is 0 Å². The first kappa shape index (κ1) is 12.3. The van der Waals surface area contributed by atoms with Crippen LogP contribution in [0.5, 0.6) is 0 Å². The zero-order chi connectivity index (χ0) is 13.1. The Hall–Kier alpha value is -2.15. The molecule has 7 nitrogen and oxygen atoms in total. The van der Waals surface area contributed by atoms with Gasteiger partial charge in [0, 0.05) is 6.20 Å². The van der Waals surface area contributed by atoms with Crippen molar-refractivity contribution in [2.45, 2.75) is 13.5 Å². The first-order valence-corrected chi connectivity index (χ1v) is 5.36. The van der Waals surface area contributed by atoms with Crippen LogP contribution in [-0.4, -0.2) is 26.2 Å². The van der Waals surface area contributed by atoms with Gasteiger partial charge in [-0.15, -0.1) is 0 Å². The first-order chi connectivity index (χ1) is 8.56. The van der Waals surface area contributed by atoms with Crippen molar-refractivity contribution in [3.8, 4) is 0 Å². The number of carbonyl (C=O) groups is 1. The molecule has 2 heterocycles. The normalized spacial score (nSPS) is 10.3. The lowest BCUT2D eigenvalue weighted by Crippen LogP contribution is -2.05. The third kappa shape index (κ3) is 2.75. The van der Waals surface area contributed by atoms with Gasteiger partial charge in [0.2, 0.25) is 5.89 Å². The Balaban J connectivity index is 2.10. The lowest BCUT2D eigenvalue weighted by atomic mass is 10.2. The van der Waals surface area contributed by atoms with Gasteiger partial charge in [-0.25, -0.2) is 9.78 Å². The number of nitrogens with one attached hydrogen (secondary N) is 1. The van der Waals surface area contributed by atoms with Crippen LogP contribution in [0, 0.1) is 6.92 Å². The van der Waals surface area contributed by atoms with Gasteiger partial charge in [-0.05, 0) is 13.0 Å². The minimum Gasteiger partial charge on any atom is -0.478 e. The van der Waals surface area contributed by atoms with Crippen LogP contribution in [0.3, 0.4) is 0 Å². The average Bonchev–Trinajstić information content (AvgIpc) is 2.74. The maximum absolute atomic E-state index is 10.9. The molecule has 0 radical (unpaired) electrons. The number of aryl methyl sites for hydroxylation is 1. The number of nitrogens with zero attached hydrogens (tertiary/aromatic N) is 3. The summed E-state index contributed by atoms with van der Waals surface area (Å²) in [6.45, 7) is 1.96. The van der Waals surface area contributed by atoms with Crippen molar-refractivity contribution in [3.05, 3.63) is 34.6 Å². The van der Waals surface area contributed by atoms with Crippen molar-refractivity contribution in [1.82, 2.24) is 15.1 Å². The molecule has 2 aromatic rings. The highest BCUT2D eigenvalue weighted by Crippen LogP contribution is 2.18. The van der Waals surface area contributed by atoms with Crippen LogP contribution in [0.1, 0.15) is 22.1 Å². The molecule has 0 atom stereocenters. The van der Waals surface area contributed by atoms with E-state index in [4.69, 9.17) is 21.2 Å². The summed E-state index contributed by atoms with van der Waals surface area (Å²) in [6.07, 6.45) is 1.27. The molecule has 2 N–H and O–H groups in total. The molecular formula is C10H9ClN4O3. The van der Waals surface area contributed by atoms with Crippen molar-refractivity contribution >= 4 is 23.4 Å². The van der Waals surface area contributed by atoms with E-state index in [0.717, 1.165) is 0 Å². The summed E-state index contributed by atoms with van der Waals surface area (Å²) in [5.74, 6) is 0.176. The fraction of sp³-hybridized carbons (Fsp3) is 0.200. The molecule has 94 valence electrons. The van der Waals surface area contributed by atoms with Crippen LogP contribution in [0.4, 0.5) is 5.82 Å². The maximum Gasteiger partial charge on any atom is 0.337 e. The Labute approximate surface area is 107 Å². The fourth-order valence-electron chi connectivity index (χ4n) is 1.28. The number of hydrogen-bond donors (Lipinski definition) is 2. The van der Waals surface area contributed by atoms with Gasteiger partial charge < -0.3 is 14.9 Å². The molecule has 0 unspecified atom stereocenters. The highest BCUT2D eigenvalue weighted by molar-refractivity contribution is 6.33. The van der Waals surface area contributed by atoms with Gasteiger partial charge in [-0.1, -0.05) is 16.8 Å². The molecule has 0 aliphatic carbocycles. The number of rotatable bonds is 4. The van der Waals surface area contributed by atoms with E-state index in [2.05, 4.69) is 20.4 Å². The van der Waals surface area contributed by atoms with E-state index in [-0.39, 0.29) is 17.1 Å². The Kier molecular flexibility index (Phi) is 3.42. The van der Waals surface area contributed by atoms with Crippen molar-refractivity contribution in [3.63, 3.8) is 0 Å². The third-order valence-electron chi connectivity index (χ3n) is 2.08. The minimum atomic E-state index is -1.11. The number of pyridine rings is 1. The summed E-state index contributed by atoms with van der Waals surface area (Å²) in [6, 6.07) is 1.34. The molecule has 0 aliphatic rings. The highest BCUT2D eigenvalue weighted by atomic mass is 35.5. The van der Waals surface area contributed by atoms with Gasteiger partial charge in [-0.3, -0.25) is 0 Å². The number of carboxylic acids is 1. The molecule has 2 aromatic heterocycles. The van der Waals surface area contributed by atoms with Gasteiger partial charge >= 0.3 is 5.97 Å². The largest absolute Gasteiger partial charge is 0.478 e.